The SMILES string of the molecule is COC(=O)CSc1nc(/C=C/c2ccccc2)cc(-c2ccccc2)c1C#N. The fourth-order valence-electron chi connectivity index (χ4n) is 2.62. The predicted molar refractivity (Wildman–Crippen MR) is 112 cm³/mol. The van der Waals surface area contributed by atoms with E-state index in [4.69, 9.17) is 4.74 Å². The number of thioether (sulfide) groups is 1. The molecule has 0 bridgehead atoms. The topological polar surface area (TPSA) is 63.0 Å². The minimum absolute atomic E-state index is 0.0955. The average molecular weight is 386 g/mol. The Labute approximate surface area is 168 Å². The van der Waals surface area contributed by atoms with Crippen molar-refractivity contribution in [2.24, 2.45) is 0 Å². The summed E-state index contributed by atoms with van der Waals surface area (Å²) in [5.41, 5.74) is 3.94. The van der Waals surface area contributed by atoms with Crippen molar-refractivity contribution in [3.05, 3.63) is 83.6 Å². The highest BCUT2D eigenvalue weighted by molar-refractivity contribution is 7.99. The van der Waals surface area contributed by atoms with E-state index in [1.807, 2.05) is 78.9 Å². The van der Waals surface area contributed by atoms with Crippen LogP contribution in [0.1, 0.15) is 16.8 Å². The summed E-state index contributed by atoms with van der Waals surface area (Å²) in [6.07, 6.45) is 3.88. The number of benzene rings is 2. The van der Waals surface area contributed by atoms with Crippen LogP contribution >= 0.6 is 11.8 Å². The number of nitriles is 1. The van der Waals surface area contributed by atoms with Gasteiger partial charge in [0.1, 0.15) is 11.1 Å². The number of aromatic nitrogens is 1. The molecule has 0 unspecified atom stereocenters. The average Bonchev–Trinajstić information content (AvgIpc) is 2.76. The maximum Gasteiger partial charge on any atom is 0.316 e. The van der Waals surface area contributed by atoms with Crippen LogP contribution in [0.3, 0.4) is 0 Å². The Kier molecular flexibility index (Phi) is 6.61. The molecule has 2 aromatic carbocycles. The van der Waals surface area contributed by atoms with E-state index in [1.165, 1.54) is 18.9 Å². The van der Waals surface area contributed by atoms with Crippen molar-refractivity contribution in [1.82, 2.24) is 4.98 Å². The van der Waals surface area contributed by atoms with E-state index < -0.39 is 0 Å². The maximum atomic E-state index is 11.6. The third-order valence-corrected chi connectivity index (χ3v) is 4.95. The third-order valence-electron chi connectivity index (χ3n) is 4.00. The Morgan fingerprint density at radius 1 is 1.11 bits per heavy atom. The van der Waals surface area contributed by atoms with E-state index in [0.29, 0.717) is 16.3 Å². The van der Waals surface area contributed by atoms with E-state index in [2.05, 4.69) is 11.1 Å². The molecule has 3 aromatic rings. The highest BCUT2D eigenvalue weighted by Crippen LogP contribution is 2.31. The first-order chi connectivity index (χ1) is 13.7. The summed E-state index contributed by atoms with van der Waals surface area (Å²) in [5, 5.41) is 10.3. The number of nitrogens with zero attached hydrogens (tertiary/aromatic N) is 2. The highest BCUT2D eigenvalue weighted by atomic mass is 32.2. The van der Waals surface area contributed by atoms with Gasteiger partial charge in [0, 0.05) is 5.56 Å². The van der Waals surface area contributed by atoms with Crippen molar-refractivity contribution in [1.29, 1.82) is 5.26 Å². The summed E-state index contributed by atoms with van der Waals surface area (Å²) in [5.74, 6) is -0.264. The number of methoxy groups -OCH3 is 1. The Balaban J connectivity index is 2.05. The molecule has 0 aliphatic heterocycles. The molecule has 0 aliphatic carbocycles. The lowest BCUT2D eigenvalue weighted by atomic mass is 10.0. The number of carbonyl (C=O) groups is 1. The molecular formula is C23H18N2O2S. The number of ether oxygens (including phenoxy) is 1. The normalized spacial score (nSPS) is 10.6. The third kappa shape index (κ3) is 4.87. The summed E-state index contributed by atoms with van der Waals surface area (Å²) in [4.78, 5) is 16.2. The van der Waals surface area contributed by atoms with Gasteiger partial charge in [0.25, 0.3) is 0 Å². The van der Waals surface area contributed by atoms with Gasteiger partial charge in [-0.1, -0.05) is 78.5 Å². The number of hydrogen-bond donors (Lipinski definition) is 0. The summed E-state index contributed by atoms with van der Waals surface area (Å²) >= 11 is 1.21. The van der Waals surface area contributed by atoms with Gasteiger partial charge in [-0.3, -0.25) is 4.79 Å². The fourth-order valence-corrected chi connectivity index (χ4v) is 3.46. The van der Waals surface area contributed by atoms with Crippen LogP contribution in [0.5, 0.6) is 0 Å². The molecule has 0 atom stereocenters. The van der Waals surface area contributed by atoms with Crippen LogP contribution in [0.2, 0.25) is 0 Å². The van der Waals surface area contributed by atoms with Crippen LogP contribution in [0, 0.1) is 11.3 Å². The molecule has 28 heavy (non-hydrogen) atoms. The second-order valence-corrected chi connectivity index (χ2v) is 6.83. The number of pyridine rings is 1. The zero-order valence-electron chi connectivity index (χ0n) is 15.3. The van der Waals surface area contributed by atoms with Gasteiger partial charge in [-0.25, -0.2) is 4.98 Å². The van der Waals surface area contributed by atoms with Crippen molar-refractivity contribution >= 4 is 29.9 Å². The van der Waals surface area contributed by atoms with Gasteiger partial charge in [0.05, 0.1) is 24.1 Å². The molecule has 5 heteroatoms. The minimum atomic E-state index is -0.359. The Bertz CT molecular complexity index is 1030. The lowest BCUT2D eigenvalue weighted by molar-refractivity contribution is -0.137. The minimum Gasteiger partial charge on any atom is -0.468 e. The number of esters is 1. The zero-order chi connectivity index (χ0) is 19.8. The fraction of sp³-hybridized carbons (Fsp3) is 0.0870. The maximum absolute atomic E-state index is 11.6. The van der Waals surface area contributed by atoms with Crippen LogP contribution in [-0.4, -0.2) is 23.8 Å². The smallest absolute Gasteiger partial charge is 0.316 e. The Morgan fingerprint density at radius 3 is 2.43 bits per heavy atom. The van der Waals surface area contributed by atoms with Gasteiger partial charge in [0.2, 0.25) is 0 Å². The molecule has 0 saturated heterocycles. The van der Waals surface area contributed by atoms with E-state index in [1.54, 1.807) is 0 Å². The molecule has 0 fully saturated rings. The van der Waals surface area contributed by atoms with E-state index in [9.17, 15) is 10.1 Å². The molecule has 4 nitrogen and oxygen atoms in total. The van der Waals surface area contributed by atoms with Crippen molar-refractivity contribution < 1.29 is 9.53 Å². The number of rotatable bonds is 6. The largest absolute Gasteiger partial charge is 0.468 e. The molecular weight excluding hydrogens is 368 g/mol. The Hall–Kier alpha value is -3.36. The second-order valence-electron chi connectivity index (χ2n) is 5.86. The van der Waals surface area contributed by atoms with Crippen molar-refractivity contribution in [3.63, 3.8) is 0 Å². The standard InChI is InChI=1S/C23H18N2O2S/c1-27-22(26)16-28-23-21(15-24)20(18-10-6-3-7-11-18)14-19(25-23)13-12-17-8-4-2-5-9-17/h2-14H,16H2,1H3/b13-12+. The number of hydrogen-bond acceptors (Lipinski definition) is 5. The zero-order valence-corrected chi connectivity index (χ0v) is 16.1. The van der Waals surface area contributed by atoms with Gasteiger partial charge in [-0.2, -0.15) is 5.26 Å². The molecule has 0 N–H and O–H groups in total. The van der Waals surface area contributed by atoms with E-state index in [-0.39, 0.29) is 11.7 Å². The first kappa shape index (κ1) is 19.4. The van der Waals surface area contributed by atoms with Gasteiger partial charge < -0.3 is 4.74 Å². The van der Waals surface area contributed by atoms with Crippen LogP contribution in [0.4, 0.5) is 0 Å². The Morgan fingerprint density at radius 2 is 1.79 bits per heavy atom. The molecule has 0 radical (unpaired) electrons. The molecule has 0 aliphatic rings. The van der Waals surface area contributed by atoms with Crippen molar-refractivity contribution in [3.8, 4) is 17.2 Å². The molecule has 1 aromatic heterocycles. The van der Waals surface area contributed by atoms with Crippen LogP contribution in [0.25, 0.3) is 23.3 Å². The van der Waals surface area contributed by atoms with Gasteiger partial charge in [-0.05, 0) is 23.3 Å². The lowest BCUT2D eigenvalue weighted by Gasteiger charge is -2.10. The van der Waals surface area contributed by atoms with E-state index >= 15 is 0 Å². The second kappa shape index (κ2) is 9.54. The quantitative estimate of drug-likeness (QED) is 0.438. The van der Waals surface area contributed by atoms with Crippen molar-refractivity contribution in [2.75, 3.05) is 12.9 Å². The molecule has 138 valence electrons. The lowest BCUT2D eigenvalue weighted by Crippen LogP contribution is -2.04. The summed E-state index contributed by atoms with van der Waals surface area (Å²) < 4.78 is 4.71. The van der Waals surface area contributed by atoms with Crippen LogP contribution in [-0.2, 0) is 9.53 Å². The van der Waals surface area contributed by atoms with Gasteiger partial charge in [0.15, 0.2) is 0 Å². The van der Waals surface area contributed by atoms with Crippen LogP contribution in [0.15, 0.2) is 71.8 Å². The first-order valence-corrected chi connectivity index (χ1v) is 9.63. The summed E-state index contributed by atoms with van der Waals surface area (Å²) in [6, 6.07) is 23.8. The van der Waals surface area contributed by atoms with Crippen molar-refractivity contribution in [2.45, 2.75) is 5.03 Å². The molecule has 0 saturated carbocycles. The first-order valence-electron chi connectivity index (χ1n) is 8.64. The molecule has 3 rings (SSSR count). The summed E-state index contributed by atoms with van der Waals surface area (Å²) in [6.45, 7) is 0. The predicted octanol–water partition coefficient (Wildman–Crippen LogP) is 5.06. The number of carbonyl (C=O) groups excluding carboxylic acids is 1. The van der Waals surface area contributed by atoms with Gasteiger partial charge in [-0.15, -0.1) is 0 Å². The summed E-state index contributed by atoms with van der Waals surface area (Å²) in [7, 11) is 1.34. The molecule has 0 spiro atoms. The van der Waals surface area contributed by atoms with Crippen LogP contribution < -0.4 is 0 Å². The van der Waals surface area contributed by atoms with E-state index in [0.717, 1.165) is 16.7 Å². The highest BCUT2D eigenvalue weighted by Gasteiger charge is 2.15. The molecule has 0 amide bonds. The monoisotopic (exact) mass is 386 g/mol. The molecule has 1 heterocycles. The van der Waals surface area contributed by atoms with Gasteiger partial charge >= 0.3 is 5.97 Å².